The fraction of sp³-hybridized carbons (Fsp3) is 0.474. The Balaban J connectivity index is 1.56. The summed E-state index contributed by atoms with van der Waals surface area (Å²) in [5.74, 6) is 1.18. The van der Waals surface area contributed by atoms with E-state index in [2.05, 4.69) is 10.6 Å². The van der Waals surface area contributed by atoms with E-state index in [4.69, 9.17) is 16.6 Å². The number of nitrogens with one attached hydrogen (secondary N) is 2. The van der Waals surface area contributed by atoms with Gasteiger partial charge in [-0.05, 0) is 69.0 Å². The number of fused-ring (bicyclic) bond motifs is 1. The Hall–Kier alpha value is -1.65. The second-order valence-corrected chi connectivity index (χ2v) is 7.37. The van der Waals surface area contributed by atoms with Crippen LogP contribution in [0, 0.1) is 5.92 Å². The Morgan fingerprint density at radius 2 is 2.17 bits per heavy atom. The highest BCUT2D eigenvalue weighted by molar-refractivity contribution is 6.31. The number of rotatable bonds is 5. The van der Waals surface area contributed by atoms with Crippen LogP contribution in [-0.2, 0) is 0 Å². The molecular formula is C19H22ClN3O. The van der Waals surface area contributed by atoms with Crippen LogP contribution in [0.2, 0.25) is 5.02 Å². The maximum absolute atomic E-state index is 12.7. The van der Waals surface area contributed by atoms with Gasteiger partial charge in [0.15, 0.2) is 0 Å². The summed E-state index contributed by atoms with van der Waals surface area (Å²) in [5, 5.41) is 7.92. The van der Waals surface area contributed by atoms with Gasteiger partial charge in [0, 0.05) is 28.6 Å². The number of nitrogens with zero attached hydrogens (tertiary/aromatic N) is 1. The minimum absolute atomic E-state index is 0.0162. The summed E-state index contributed by atoms with van der Waals surface area (Å²) in [5.41, 5.74) is 2.60. The molecule has 1 aliphatic heterocycles. The van der Waals surface area contributed by atoms with Crippen LogP contribution in [0.5, 0.6) is 0 Å². The smallest absolute Gasteiger partial charge is 0.252 e. The third-order valence-electron chi connectivity index (χ3n) is 5.03. The Morgan fingerprint density at radius 1 is 1.29 bits per heavy atom. The first-order chi connectivity index (χ1) is 11.7. The lowest BCUT2D eigenvalue weighted by Crippen LogP contribution is -2.27. The molecule has 2 N–H and O–H groups in total. The van der Waals surface area contributed by atoms with Gasteiger partial charge in [-0.3, -0.25) is 9.78 Å². The van der Waals surface area contributed by atoms with E-state index in [1.54, 1.807) is 0 Å². The van der Waals surface area contributed by atoms with Crippen LogP contribution >= 0.6 is 11.6 Å². The summed E-state index contributed by atoms with van der Waals surface area (Å²) in [6.45, 7) is 2.88. The summed E-state index contributed by atoms with van der Waals surface area (Å²) in [6.07, 6.45) is 4.57. The van der Waals surface area contributed by atoms with Gasteiger partial charge >= 0.3 is 0 Å². The highest BCUT2D eigenvalue weighted by Gasteiger charge is 2.27. The number of halogens is 1. The van der Waals surface area contributed by atoms with Gasteiger partial charge in [-0.15, -0.1) is 0 Å². The van der Waals surface area contributed by atoms with Gasteiger partial charge in [0.25, 0.3) is 5.91 Å². The number of carbonyl (C=O) groups excluding carboxylic acids is 1. The molecule has 4 rings (SSSR count). The largest absolute Gasteiger partial charge is 0.352 e. The fourth-order valence-electron chi connectivity index (χ4n) is 3.44. The number of benzene rings is 1. The van der Waals surface area contributed by atoms with Crippen LogP contribution in [0.4, 0.5) is 0 Å². The molecule has 1 atom stereocenters. The molecular weight excluding hydrogens is 322 g/mol. The molecule has 1 amide bonds. The van der Waals surface area contributed by atoms with Crippen molar-refractivity contribution in [3.8, 4) is 0 Å². The second-order valence-electron chi connectivity index (χ2n) is 6.93. The van der Waals surface area contributed by atoms with Crippen molar-refractivity contribution < 1.29 is 4.79 Å². The maximum Gasteiger partial charge on any atom is 0.252 e. The summed E-state index contributed by atoms with van der Waals surface area (Å²) < 4.78 is 0. The number of hydrogen-bond donors (Lipinski definition) is 2. The van der Waals surface area contributed by atoms with Gasteiger partial charge in [-0.2, -0.15) is 0 Å². The van der Waals surface area contributed by atoms with Gasteiger partial charge in [0.1, 0.15) is 0 Å². The predicted molar refractivity (Wildman–Crippen MR) is 96.7 cm³/mol. The molecule has 1 aromatic carbocycles. The molecule has 2 fully saturated rings. The zero-order valence-corrected chi connectivity index (χ0v) is 14.4. The van der Waals surface area contributed by atoms with E-state index in [9.17, 15) is 4.79 Å². The Bertz CT molecular complexity index is 767. The highest BCUT2D eigenvalue weighted by Crippen LogP contribution is 2.40. The quantitative estimate of drug-likeness (QED) is 0.873. The molecule has 0 spiro atoms. The van der Waals surface area contributed by atoms with Crippen molar-refractivity contribution in [2.45, 2.75) is 31.6 Å². The van der Waals surface area contributed by atoms with Gasteiger partial charge < -0.3 is 10.6 Å². The first kappa shape index (κ1) is 15.9. The maximum atomic E-state index is 12.7. The van der Waals surface area contributed by atoms with Gasteiger partial charge in [-0.1, -0.05) is 11.6 Å². The zero-order chi connectivity index (χ0) is 16.5. The average Bonchev–Trinajstić information content (AvgIpc) is 3.31. The molecule has 2 heterocycles. The minimum atomic E-state index is -0.0162. The van der Waals surface area contributed by atoms with Crippen LogP contribution in [0.3, 0.4) is 0 Å². The van der Waals surface area contributed by atoms with Crippen molar-refractivity contribution in [3.05, 3.63) is 40.5 Å². The lowest BCUT2D eigenvalue weighted by molar-refractivity contribution is 0.0953. The van der Waals surface area contributed by atoms with Crippen LogP contribution in [0.1, 0.15) is 47.7 Å². The van der Waals surface area contributed by atoms with Crippen molar-refractivity contribution in [1.82, 2.24) is 15.6 Å². The highest BCUT2D eigenvalue weighted by atomic mass is 35.5. The molecule has 1 saturated carbocycles. The number of aromatic nitrogens is 1. The van der Waals surface area contributed by atoms with E-state index in [-0.39, 0.29) is 5.91 Å². The fourth-order valence-corrected chi connectivity index (χ4v) is 3.61. The number of amides is 1. The van der Waals surface area contributed by atoms with Gasteiger partial charge in [0.2, 0.25) is 0 Å². The Kier molecular flexibility index (Phi) is 4.42. The lowest BCUT2D eigenvalue weighted by atomic mass is 10.0. The van der Waals surface area contributed by atoms with Crippen LogP contribution in [0.15, 0.2) is 24.3 Å². The van der Waals surface area contributed by atoms with E-state index >= 15 is 0 Å². The average molecular weight is 344 g/mol. The molecule has 1 unspecified atom stereocenters. The SMILES string of the molecule is O=C(NCCC1CCNC1)c1cc(C2CC2)nc2ccc(Cl)cc12. The molecule has 2 aromatic rings. The van der Waals surface area contributed by atoms with Crippen molar-refractivity contribution in [1.29, 1.82) is 0 Å². The second kappa shape index (κ2) is 6.69. The van der Waals surface area contributed by atoms with Crippen LogP contribution < -0.4 is 10.6 Å². The number of hydrogen-bond acceptors (Lipinski definition) is 3. The van der Waals surface area contributed by atoms with Crippen LogP contribution in [0.25, 0.3) is 10.9 Å². The molecule has 0 radical (unpaired) electrons. The first-order valence-corrected chi connectivity index (χ1v) is 9.17. The molecule has 1 aliphatic carbocycles. The summed E-state index contributed by atoms with van der Waals surface area (Å²) in [4.78, 5) is 17.5. The minimum Gasteiger partial charge on any atom is -0.352 e. The standard InChI is InChI=1S/C19H22ClN3O/c20-14-3-4-17-15(9-14)16(10-18(23-17)13-1-2-13)19(24)22-8-6-12-5-7-21-11-12/h3-4,9-10,12-13,21H,1-2,5-8,11H2,(H,22,24). The van der Waals surface area contributed by atoms with Gasteiger partial charge in [-0.25, -0.2) is 0 Å². The summed E-state index contributed by atoms with van der Waals surface area (Å²) in [7, 11) is 0. The Labute approximate surface area is 147 Å². The van der Waals surface area contributed by atoms with Crippen LogP contribution in [-0.4, -0.2) is 30.5 Å². The number of pyridine rings is 1. The van der Waals surface area contributed by atoms with E-state index in [1.807, 2.05) is 24.3 Å². The van der Waals surface area contributed by atoms with E-state index in [0.29, 0.717) is 29.0 Å². The molecule has 1 saturated heterocycles. The van der Waals surface area contributed by atoms with Gasteiger partial charge in [0.05, 0.1) is 11.1 Å². The normalized spacial score (nSPS) is 20.5. The van der Waals surface area contributed by atoms with E-state index < -0.39 is 0 Å². The topological polar surface area (TPSA) is 54.0 Å². The Morgan fingerprint density at radius 3 is 2.92 bits per heavy atom. The summed E-state index contributed by atoms with van der Waals surface area (Å²) in [6, 6.07) is 7.55. The third kappa shape index (κ3) is 3.40. The van der Waals surface area contributed by atoms with E-state index in [1.165, 1.54) is 19.3 Å². The van der Waals surface area contributed by atoms with E-state index in [0.717, 1.165) is 36.1 Å². The van der Waals surface area contributed by atoms with Crippen molar-refractivity contribution in [3.63, 3.8) is 0 Å². The number of carbonyl (C=O) groups is 1. The molecule has 126 valence electrons. The van der Waals surface area contributed by atoms with Crippen molar-refractivity contribution in [2.75, 3.05) is 19.6 Å². The molecule has 5 heteroatoms. The molecule has 24 heavy (non-hydrogen) atoms. The monoisotopic (exact) mass is 343 g/mol. The third-order valence-corrected chi connectivity index (χ3v) is 5.27. The lowest BCUT2D eigenvalue weighted by Gasteiger charge is -2.12. The zero-order valence-electron chi connectivity index (χ0n) is 13.6. The first-order valence-electron chi connectivity index (χ1n) is 8.80. The van der Waals surface area contributed by atoms with Crippen molar-refractivity contribution >= 4 is 28.4 Å². The molecule has 4 nitrogen and oxygen atoms in total. The molecule has 0 bridgehead atoms. The molecule has 2 aliphatic rings. The summed E-state index contributed by atoms with van der Waals surface area (Å²) >= 11 is 6.13. The molecule has 1 aromatic heterocycles. The van der Waals surface area contributed by atoms with Crippen molar-refractivity contribution in [2.24, 2.45) is 5.92 Å². The predicted octanol–water partition coefficient (Wildman–Crippen LogP) is 3.50.